The molecule has 0 bridgehead atoms. The lowest BCUT2D eigenvalue weighted by Gasteiger charge is -2.27. The molecule has 0 aliphatic rings. The van der Waals surface area contributed by atoms with Gasteiger partial charge in [0, 0.05) is 0 Å². The number of unbranched alkanes of at least 4 members (excludes halogenated alkanes) is 1. The Morgan fingerprint density at radius 1 is 0.964 bits per heavy atom. The molecule has 0 saturated carbocycles. The largest absolute Gasteiger partial charge is 0.469 e. The van der Waals surface area contributed by atoms with Gasteiger partial charge in [-0.15, -0.1) is 0 Å². The molecule has 0 radical (unpaired) electrons. The number of hydrogen-bond donors (Lipinski definition) is 4. The van der Waals surface area contributed by atoms with Gasteiger partial charge in [0.1, 0.15) is 0 Å². The molecular weight excluding hydrogens is 377 g/mol. The maximum atomic E-state index is 10.8. The molecule has 0 saturated heterocycles. The SMILES string of the molecule is CCCCc1ccc(-c2ccc(CCC(N)(CO)COP(=O)(O)O)cc2)cc1. The average molecular weight is 407 g/mol. The summed E-state index contributed by atoms with van der Waals surface area (Å²) in [5.74, 6) is 0. The predicted octanol–water partition coefficient (Wildman–Crippen LogP) is 3.43. The van der Waals surface area contributed by atoms with Gasteiger partial charge in [-0.25, -0.2) is 4.57 Å². The molecule has 1 atom stereocenters. The van der Waals surface area contributed by atoms with Crippen LogP contribution in [0.4, 0.5) is 0 Å². The van der Waals surface area contributed by atoms with Gasteiger partial charge < -0.3 is 20.6 Å². The van der Waals surface area contributed by atoms with Gasteiger partial charge in [0.05, 0.1) is 18.8 Å². The summed E-state index contributed by atoms with van der Waals surface area (Å²) in [6, 6.07) is 16.7. The fraction of sp³-hybridized carbons (Fsp3) is 0.429. The van der Waals surface area contributed by atoms with Crippen LogP contribution >= 0.6 is 7.82 Å². The molecule has 6 nitrogen and oxygen atoms in total. The smallest absolute Gasteiger partial charge is 0.394 e. The summed E-state index contributed by atoms with van der Waals surface area (Å²) in [5, 5.41) is 9.47. The molecule has 5 N–H and O–H groups in total. The average Bonchev–Trinajstić information content (AvgIpc) is 2.69. The predicted molar refractivity (Wildman–Crippen MR) is 111 cm³/mol. The topological polar surface area (TPSA) is 113 Å². The van der Waals surface area contributed by atoms with E-state index in [0.29, 0.717) is 12.8 Å². The van der Waals surface area contributed by atoms with Crippen molar-refractivity contribution in [2.75, 3.05) is 13.2 Å². The normalized spacial score (nSPS) is 14.0. The quantitative estimate of drug-likeness (QED) is 0.425. The zero-order chi connectivity index (χ0) is 20.6. The number of benzene rings is 2. The number of nitrogens with two attached hydrogens (primary N) is 1. The van der Waals surface area contributed by atoms with E-state index in [1.165, 1.54) is 18.4 Å². The van der Waals surface area contributed by atoms with E-state index in [4.69, 9.17) is 15.5 Å². The van der Waals surface area contributed by atoms with Gasteiger partial charge in [0.25, 0.3) is 0 Å². The van der Waals surface area contributed by atoms with E-state index >= 15 is 0 Å². The highest BCUT2D eigenvalue weighted by Crippen LogP contribution is 2.37. The lowest BCUT2D eigenvalue weighted by Crippen LogP contribution is -2.48. The summed E-state index contributed by atoms with van der Waals surface area (Å²) >= 11 is 0. The Morgan fingerprint density at radius 2 is 1.46 bits per heavy atom. The number of phosphoric acid groups is 1. The zero-order valence-electron chi connectivity index (χ0n) is 16.3. The third-order valence-corrected chi connectivity index (χ3v) is 5.27. The molecule has 1 unspecified atom stereocenters. The van der Waals surface area contributed by atoms with E-state index in [-0.39, 0.29) is 0 Å². The maximum Gasteiger partial charge on any atom is 0.469 e. The Morgan fingerprint density at radius 3 is 1.89 bits per heavy atom. The molecule has 28 heavy (non-hydrogen) atoms. The monoisotopic (exact) mass is 407 g/mol. The molecule has 0 fully saturated rings. The van der Waals surface area contributed by atoms with Crippen LogP contribution in [-0.4, -0.2) is 33.6 Å². The summed E-state index contributed by atoms with van der Waals surface area (Å²) in [4.78, 5) is 17.6. The number of aliphatic hydroxyl groups is 1. The Hall–Kier alpha value is -1.53. The molecule has 2 aromatic carbocycles. The van der Waals surface area contributed by atoms with Gasteiger partial charge in [-0.2, -0.15) is 0 Å². The molecule has 0 spiro atoms. The van der Waals surface area contributed by atoms with Crippen molar-refractivity contribution >= 4 is 7.82 Å². The summed E-state index contributed by atoms with van der Waals surface area (Å²) < 4.78 is 15.3. The van der Waals surface area contributed by atoms with E-state index in [1.807, 2.05) is 24.3 Å². The first-order valence-electron chi connectivity index (χ1n) is 9.53. The Bertz CT molecular complexity index is 772. The minimum absolute atomic E-state index is 0.342. The summed E-state index contributed by atoms with van der Waals surface area (Å²) in [7, 11) is -4.61. The standard InChI is InChI=1S/C21H30NO5P/c1-2-3-4-17-5-9-19(10-6-17)20-11-7-18(8-12-20)13-14-21(22,15-23)16-27-28(24,25)26/h5-12,23H,2-4,13-16,22H2,1H3,(H2,24,25,26). The first-order valence-corrected chi connectivity index (χ1v) is 11.1. The van der Waals surface area contributed by atoms with Crippen LogP contribution in [0.1, 0.15) is 37.3 Å². The van der Waals surface area contributed by atoms with E-state index in [1.54, 1.807) is 0 Å². The molecular formula is C21H30NO5P. The van der Waals surface area contributed by atoms with Gasteiger partial charge in [-0.05, 0) is 47.9 Å². The van der Waals surface area contributed by atoms with Gasteiger partial charge in [0.15, 0.2) is 0 Å². The lowest BCUT2D eigenvalue weighted by atomic mass is 9.93. The van der Waals surface area contributed by atoms with E-state index < -0.39 is 26.6 Å². The van der Waals surface area contributed by atoms with Crippen LogP contribution in [0.3, 0.4) is 0 Å². The van der Waals surface area contributed by atoms with Crippen molar-refractivity contribution < 1.29 is 24.0 Å². The molecule has 2 aromatic rings. The highest BCUT2D eigenvalue weighted by molar-refractivity contribution is 7.46. The first kappa shape index (κ1) is 22.8. The molecule has 0 heterocycles. The van der Waals surface area contributed by atoms with Crippen LogP contribution in [-0.2, 0) is 21.9 Å². The van der Waals surface area contributed by atoms with E-state index in [0.717, 1.165) is 23.1 Å². The summed E-state index contributed by atoms with van der Waals surface area (Å²) in [5.41, 5.74) is 9.46. The number of aryl methyl sites for hydroxylation is 2. The fourth-order valence-electron chi connectivity index (χ4n) is 2.91. The van der Waals surface area contributed by atoms with Crippen LogP contribution in [0.5, 0.6) is 0 Å². The van der Waals surface area contributed by atoms with Crippen molar-refractivity contribution in [1.29, 1.82) is 0 Å². The Labute approximate surface area is 166 Å². The number of rotatable bonds is 11. The number of aliphatic hydroxyl groups excluding tert-OH is 1. The second-order valence-electron chi connectivity index (χ2n) is 7.28. The summed E-state index contributed by atoms with van der Waals surface area (Å²) in [6.07, 6.45) is 4.40. The number of phosphoric ester groups is 1. The molecule has 0 amide bonds. The zero-order valence-corrected chi connectivity index (χ0v) is 17.1. The van der Waals surface area contributed by atoms with Gasteiger partial charge in [-0.3, -0.25) is 4.52 Å². The summed E-state index contributed by atoms with van der Waals surface area (Å²) in [6.45, 7) is 1.36. The van der Waals surface area contributed by atoms with Crippen LogP contribution in [0.15, 0.2) is 48.5 Å². The highest BCUT2D eigenvalue weighted by Gasteiger charge is 2.28. The molecule has 0 aromatic heterocycles. The fourth-order valence-corrected chi connectivity index (χ4v) is 3.34. The van der Waals surface area contributed by atoms with Crippen molar-refractivity contribution in [1.82, 2.24) is 0 Å². The second kappa shape index (κ2) is 10.3. The van der Waals surface area contributed by atoms with Gasteiger partial charge in [0.2, 0.25) is 0 Å². The lowest BCUT2D eigenvalue weighted by molar-refractivity contribution is 0.102. The minimum Gasteiger partial charge on any atom is -0.394 e. The molecule has 2 rings (SSSR count). The van der Waals surface area contributed by atoms with Crippen molar-refractivity contribution in [2.45, 2.75) is 44.6 Å². The van der Waals surface area contributed by atoms with E-state index in [2.05, 4.69) is 35.7 Å². The number of hydrogen-bond acceptors (Lipinski definition) is 4. The van der Waals surface area contributed by atoms with Crippen LogP contribution in [0, 0.1) is 0 Å². The van der Waals surface area contributed by atoms with Crippen LogP contribution < -0.4 is 5.73 Å². The maximum absolute atomic E-state index is 10.8. The van der Waals surface area contributed by atoms with Gasteiger partial charge in [-0.1, -0.05) is 61.9 Å². The highest BCUT2D eigenvalue weighted by atomic mass is 31.2. The second-order valence-corrected chi connectivity index (χ2v) is 8.52. The third-order valence-electron chi connectivity index (χ3n) is 4.81. The molecule has 0 aliphatic heterocycles. The molecule has 0 aliphatic carbocycles. The van der Waals surface area contributed by atoms with E-state index in [9.17, 15) is 9.67 Å². The van der Waals surface area contributed by atoms with Crippen molar-refractivity contribution in [3.63, 3.8) is 0 Å². The van der Waals surface area contributed by atoms with Gasteiger partial charge >= 0.3 is 7.82 Å². The minimum atomic E-state index is -4.61. The van der Waals surface area contributed by atoms with Crippen molar-refractivity contribution in [3.8, 4) is 11.1 Å². The third kappa shape index (κ3) is 7.47. The van der Waals surface area contributed by atoms with Crippen molar-refractivity contribution in [3.05, 3.63) is 59.7 Å². The molecule has 7 heteroatoms. The first-order chi connectivity index (χ1) is 13.2. The van der Waals surface area contributed by atoms with Crippen LogP contribution in [0.2, 0.25) is 0 Å². The Balaban J connectivity index is 1.95. The van der Waals surface area contributed by atoms with Crippen LogP contribution in [0.25, 0.3) is 11.1 Å². The Kier molecular flexibility index (Phi) is 8.38. The van der Waals surface area contributed by atoms with Crippen molar-refractivity contribution in [2.24, 2.45) is 5.73 Å². The molecule has 154 valence electrons.